The molecule has 1 unspecified atom stereocenters. The number of hydrogen-bond acceptors (Lipinski definition) is 4. The number of allylic oxidation sites excluding steroid dienone is 3. The summed E-state index contributed by atoms with van der Waals surface area (Å²) in [5.74, 6) is 2.01. The van der Waals surface area contributed by atoms with Gasteiger partial charge in [-0.25, -0.2) is 0 Å². The summed E-state index contributed by atoms with van der Waals surface area (Å²) < 4.78 is 5.28. The van der Waals surface area contributed by atoms with Crippen LogP contribution >= 0.6 is 11.8 Å². The highest BCUT2D eigenvalue weighted by Crippen LogP contribution is 2.33. The molecule has 1 N–H and O–H groups in total. The summed E-state index contributed by atoms with van der Waals surface area (Å²) in [6, 6.07) is 10.3. The minimum absolute atomic E-state index is 0.250. The predicted molar refractivity (Wildman–Crippen MR) is 111 cm³/mol. The van der Waals surface area contributed by atoms with Crippen LogP contribution in [0.2, 0.25) is 0 Å². The van der Waals surface area contributed by atoms with Gasteiger partial charge in [-0.15, -0.1) is 11.8 Å². The summed E-state index contributed by atoms with van der Waals surface area (Å²) in [4.78, 5) is 15.0. The molecule has 27 heavy (non-hydrogen) atoms. The Hall–Kier alpha value is -1.72. The topological polar surface area (TPSA) is 49.8 Å². The van der Waals surface area contributed by atoms with Crippen molar-refractivity contribution in [3.8, 4) is 0 Å². The Balaban J connectivity index is 1.34. The van der Waals surface area contributed by atoms with Gasteiger partial charge in [-0.3, -0.25) is 4.79 Å². The number of aliphatic hydroxyl groups excluding tert-OH is 1. The normalized spacial score (nSPS) is 20.1. The minimum atomic E-state index is 0.250. The third-order valence-electron chi connectivity index (χ3n) is 5.08. The average molecular weight is 388 g/mol. The standard InChI is InChI=1S/C22H29NO3S/c24-20-16-18(6-4-5-9-22(25)23-12-14-26-15-13-23)10-11-21(20)27-17-19-7-2-1-3-8-19/h1-3,7-8,10-11,18,24H,4-6,9,12-17H2. The highest BCUT2D eigenvalue weighted by atomic mass is 32.2. The van der Waals surface area contributed by atoms with Crippen LogP contribution in [-0.2, 0) is 15.3 Å². The maximum absolute atomic E-state index is 12.1. The summed E-state index contributed by atoms with van der Waals surface area (Å²) >= 11 is 1.69. The van der Waals surface area contributed by atoms with Crippen LogP contribution < -0.4 is 0 Å². The van der Waals surface area contributed by atoms with E-state index < -0.39 is 0 Å². The number of amides is 1. The van der Waals surface area contributed by atoms with Gasteiger partial charge in [-0.2, -0.15) is 0 Å². The lowest BCUT2D eigenvalue weighted by Crippen LogP contribution is -2.40. The molecule has 3 rings (SSSR count). The summed E-state index contributed by atoms with van der Waals surface area (Å²) in [6.07, 6.45) is 8.58. The maximum atomic E-state index is 12.1. The van der Waals surface area contributed by atoms with Crippen LogP contribution in [0.5, 0.6) is 0 Å². The van der Waals surface area contributed by atoms with Crippen molar-refractivity contribution < 1.29 is 14.6 Å². The largest absolute Gasteiger partial charge is 0.511 e. The fourth-order valence-corrected chi connectivity index (χ4v) is 4.39. The number of hydrogen-bond donors (Lipinski definition) is 1. The molecular weight excluding hydrogens is 358 g/mol. The first-order valence-corrected chi connectivity index (χ1v) is 10.8. The smallest absolute Gasteiger partial charge is 0.222 e. The second-order valence-electron chi connectivity index (χ2n) is 7.15. The van der Waals surface area contributed by atoms with Crippen LogP contribution in [0.15, 0.2) is 53.1 Å². The van der Waals surface area contributed by atoms with Gasteiger partial charge in [0.05, 0.1) is 13.2 Å². The van der Waals surface area contributed by atoms with E-state index in [1.165, 1.54) is 5.56 Å². The van der Waals surface area contributed by atoms with Crippen molar-refractivity contribution in [2.24, 2.45) is 5.92 Å². The van der Waals surface area contributed by atoms with Gasteiger partial charge in [-0.05, 0) is 30.4 Å². The second kappa shape index (κ2) is 10.6. The molecule has 1 aliphatic carbocycles. The van der Waals surface area contributed by atoms with Gasteiger partial charge in [-0.1, -0.05) is 42.8 Å². The van der Waals surface area contributed by atoms with Crippen LogP contribution in [0.25, 0.3) is 0 Å². The lowest BCUT2D eigenvalue weighted by atomic mass is 9.93. The van der Waals surface area contributed by atoms with Crippen LogP contribution in [0.1, 0.15) is 37.7 Å². The molecule has 1 aromatic rings. The van der Waals surface area contributed by atoms with Crippen molar-refractivity contribution in [1.29, 1.82) is 0 Å². The maximum Gasteiger partial charge on any atom is 0.222 e. The Kier molecular flexibility index (Phi) is 7.84. The number of rotatable bonds is 8. The first kappa shape index (κ1) is 20.0. The Bertz CT molecular complexity index is 665. The second-order valence-corrected chi connectivity index (χ2v) is 8.16. The zero-order valence-electron chi connectivity index (χ0n) is 15.8. The van der Waals surface area contributed by atoms with Crippen molar-refractivity contribution in [3.05, 3.63) is 58.7 Å². The summed E-state index contributed by atoms with van der Waals surface area (Å²) in [5, 5.41) is 10.4. The van der Waals surface area contributed by atoms with E-state index >= 15 is 0 Å². The number of morpholine rings is 1. The van der Waals surface area contributed by atoms with Gasteiger partial charge < -0.3 is 14.7 Å². The number of aliphatic hydroxyl groups is 1. The van der Waals surface area contributed by atoms with E-state index in [-0.39, 0.29) is 5.91 Å². The molecule has 1 heterocycles. The Labute approximate surface area is 166 Å². The molecule has 1 aliphatic heterocycles. The monoisotopic (exact) mass is 387 g/mol. The van der Waals surface area contributed by atoms with E-state index in [1.54, 1.807) is 11.8 Å². The number of carbonyl (C=O) groups excluding carboxylic acids is 1. The predicted octanol–water partition coefficient (Wildman–Crippen LogP) is 4.68. The van der Waals surface area contributed by atoms with Crippen molar-refractivity contribution in [1.82, 2.24) is 4.90 Å². The van der Waals surface area contributed by atoms with Crippen molar-refractivity contribution in [3.63, 3.8) is 0 Å². The van der Waals surface area contributed by atoms with E-state index in [9.17, 15) is 9.90 Å². The van der Waals surface area contributed by atoms with E-state index in [0.29, 0.717) is 37.7 Å². The first-order chi connectivity index (χ1) is 13.2. The van der Waals surface area contributed by atoms with Gasteiger partial charge >= 0.3 is 0 Å². The third-order valence-corrected chi connectivity index (χ3v) is 6.24. The van der Waals surface area contributed by atoms with Gasteiger partial charge in [0.2, 0.25) is 5.91 Å². The zero-order chi connectivity index (χ0) is 18.9. The van der Waals surface area contributed by atoms with Crippen LogP contribution in [0.3, 0.4) is 0 Å². The zero-order valence-corrected chi connectivity index (χ0v) is 16.6. The average Bonchev–Trinajstić information content (AvgIpc) is 2.72. The van der Waals surface area contributed by atoms with Crippen LogP contribution in [0, 0.1) is 5.92 Å². The molecule has 0 spiro atoms. The summed E-state index contributed by atoms with van der Waals surface area (Å²) in [5.41, 5.74) is 1.27. The fourth-order valence-electron chi connectivity index (χ4n) is 3.46. The molecule has 0 aromatic heterocycles. The van der Waals surface area contributed by atoms with E-state index in [2.05, 4.69) is 24.3 Å². The molecule has 1 amide bonds. The molecule has 1 aromatic carbocycles. The molecule has 0 radical (unpaired) electrons. The van der Waals surface area contributed by atoms with Gasteiger partial charge in [0, 0.05) is 36.6 Å². The number of thioether (sulfide) groups is 1. The minimum Gasteiger partial charge on any atom is -0.511 e. The highest BCUT2D eigenvalue weighted by Gasteiger charge is 2.18. The summed E-state index contributed by atoms with van der Waals surface area (Å²) in [7, 11) is 0. The molecule has 2 aliphatic rings. The molecule has 1 atom stereocenters. The van der Waals surface area contributed by atoms with Crippen molar-refractivity contribution in [2.75, 3.05) is 26.3 Å². The lowest BCUT2D eigenvalue weighted by molar-refractivity contribution is -0.135. The third kappa shape index (κ3) is 6.43. The Morgan fingerprint density at radius 1 is 1.19 bits per heavy atom. The number of ether oxygens (including phenoxy) is 1. The van der Waals surface area contributed by atoms with Gasteiger partial charge in [0.25, 0.3) is 0 Å². The SMILES string of the molecule is O=C(CCCCC1C=CC(SCc2ccccc2)=C(O)C1)N1CCOCC1. The number of nitrogens with zero attached hydrogens (tertiary/aromatic N) is 1. The quantitative estimate of drug-likeness (QED) is 0.658. The molecule has 5 heteroatoms. The number of benzene rings is 1. The Morgan fingerprint density at radius 3 is 2.70 bits per heavy atom. The molecule has 0 bridgehead atoms. The molecule has 146 valence electrons. The van der Waals surface area contributed by atoms with Gasteiger partial charge in [0.15, 0.2) is 0 Å². The molecule has 1 fully saturated rings. The molecular formula is C22H29NO3S. The first-order valence-electron chi connectivity index (χ1n) is 9.85. The van der Waals surface area contributed by atoms with Gasteiger partial charge in [0.1, 0.15) is 5.76 Å². The summed E-state index contributed by atoms with van der Waals surface area (Å²) in [6.45, 7) is 2.78. The Morgan fingerprint density at radius 2 is 1.96 bits per heavy atom. The number of unbranched alkanes of at least 4 members (excludes halogenated alkanes) is 1. The van der Waals surface area contributed by atoms with E-state index in [0.717, 1.165) is 43.0 Å². The molecule has 4 nitrogen and oxygen atoms in total. The van der Waals surface area contributed by atoms with E-state index in [1.807, 2.05) is 23.1 Å². The van der Waals surface area contributed by atoms with Crippen molar-refractivity contribution in [2.45, 2.75) is 37.9 Å². The van der Waals surface area contributed by atoms with Crippen LogP contribution in [-0.4, -0.2) is 42.2 Å². The molecule has 0 saturated carbocycles. The lowest BCUT2D eigenvalue weighted by Gasteiger charge is -2.27. The highest BCUT2D eigenvalue weighted by molar-refractivity contribution is 8.02. The van der Waals surface area contributed by atoms with E-state index in [4.69, 9.17) is 4.74 Å². The van der Waals surface area contributed by atoms with Crippen LogP contribution in [0.4, 0.5) is 0 Å². The van der Waals surface area contributed by atoms with Crippen molar-refractivity contribution >= 4 is 17.7 Å². The number of carbonyl (C=O) groups is 1. The molecule has 1 saturated heterocycles. The fraction of sp³-hybridized carbons (Fsp3) is 0.500.